The summed E-state index contributed by atoms with van der Waals surface area (Å²) in [6, 6.07) is -0.0963. The van der Waals surface area contributed by atoms with Gasteiger partial charge in [0, 0.05) is 38.8 Å². The van der Waals surface area contributed by atoms with Crippen LogP contribution < -0.4 is 5.32 Å². The number of carbonyl (C=O) groups excluding carboxylic acids is 1. The number of aliphatic carboxylic acids is 1. The van der Waals surface area contributed by atoms with Crippen LogP contribution in [0.3, 0.4) is 0 Å². The van der Waals surface area contributed by atoms with E-state index in [2.05, 4.69) is 5.32 Å². The van der Waals surface area contributed by atoms with Crippen molar-refractivity contribution in [1.29, 1.82) is 0 Å². The van der Waals surface area contributed by atoms with Crippen molar-refractivity contribution in [2.75, 3.05) is 32.8 Å². The van der Waals surface area contributed by atoms with E-state index in [-0.39, 0.29) is 17.9 Å². The summed E-state index contributed by atoms with van der Waals surface area (Å²) in [6.45, 7) is 4.93. The van der Waals surface area contributed by atoms with Gasteiger partial charge in [-0.25, -0.2) is 4.79 Å². The molecule has 1 saturated heterocycles. The van der Waals surface area contributed by atoms with Gasteiger partial charge in [-0.1, -0.05) is 6.92 Å². The fourth-order valence-electron chi connectivity index (χ4n) is 2.21. The molecule has 0 radical (unpaired) electrons. The number of carboxylic acids is 1. The summed E-state index contributed by atoms with van der Waals surface area (Å²) in [5.74, 6) is -0.309. The van der Waals surface area contributed by atoms with Crippen molar-refractivity contribution in [3.05, 3.63) is 0 Å². The first kappa shape index (κ1) is 15.1. The van der Waals surface area contributed by atoms with Gasteiger partial charge in [0.15, 0.2) is 0 Å². The molecule has 2 fully saturated rings. The minimum absolute atomic E-state index is 0.0834. The first-order chi connectivity index (χ1) is 9.58. The highest BCUT2D eigenvalue weighted by molar-refractivity contribution is 5.76. The molecule has 2 rings (SSSR count). The standard InChI is InChI=1S/C14H24N2O4/c1-10(13(17)18)12-7-16(8-12)14(19)15-5-2-6-20-9-11-3-4-11/h10-12H,2-9H2,1H3,(H,15,19)(H,17,18). The lowest BCUT2D eigenvalue weighted by atomic mass is 9.87. The van der Waals surface area contributed by atoms with E-state index in [4.69, 9.17) is 9.84 Å². The quantitative estimate of drug-likeness (QED) is 0.656. The number of nitrogens with zero attached hydrogens (tertiary/aromatic N) is 1. The van der Waals surface area contributed by atoms with Gasteiger partial charge >= 0.3 is 12.0 Å². The Morgan fingerprint density at radius 1 is 1.40 bits per heavy atom. The summed E-state index contributed by atoms with van der Waals surface area (Å²) in [5, 5.41) is 11.7. The monoisotopic (exact) mass is 284 g/mol. The summed E-state index contributed by atoms with van der Waals surface area (Å²) < 4.78 is 5.48. The molecule has 1 aliphatic carbocycles. The second-order valence-corrected chi connectivity index (χ2v) is 5.90. The molecule has 2 N–H and O–H groups in total. The van der Waals surface area contributed by atoms with Crippen molar-refractivity contribution in [1.82, 2.24) is 10.2 Å². The lowest BCUT2D eigenvalue weighted by Crippen LogP contribution is -2.56. The lowest BCUT2D eigenvalue weighted by molar-refractivity contribution is -0.144. The third kappa shape index (κ3) is 4.37. The summed E-state index contributed by atoms with van der Waals surface area (Å²) in [5.41, 5.74) is 0. The van der Waals surface area contributed by atoms with Crippen LogP contribution in [-0.2, 0) is 9.53 Å². The van der Waals surface area contributed by atoms with Gasteiger partial charge in [0.2, 0.25) is 0 Å². The molecule has 2 aliphatic rings. The Balaban J connectivity index is 1.47. The van der Waals surface area contributed by atoms with E-state index in [1.807, 2.05) is 0 Å². The van der Waals surface area contributed by atoms with Crippen molar-refractivity contribution in [3.63, 3.8) is 0 Å². The Morgan fingerprint density at radius 2 is 2.10 bits per heavy atom. The molecule has 6 nitrogen and oxygen atoms in total. The Hall–Kier alpha value is -1.30. The van der Waals surface area contributed by atoms with Gasteiger partial charge in [0.25, 0.3) is 0 Å². The molecule has 1 unspecified atom stereocenters. The first-order valence-electron chi connectivity index (χ1n) is 7.41. The van der Waals surface area contributed by atoms with Gasteiger partial charge in [-0.15, -0.1) is 0 Å². The van der Waals surface area contributed by atoms with Crippen LogP contribution in [0.15, 0.2) is 0 Å². The second-order valence-electron chi connectivity index (χ2n) is 5.90. The molecule has 0 aromatic heterocycles. The van der Waals surface area contributed by atoms with Crippen molar-refractivity contribution < 1.29 is 19.4 Å². The second kappa shape index (κ2) is 6.92. The predicted octanol–water partition coefficient (Wildman–Crippen LogP) is 1.17. The number of rotatable bonds is 8. The highest BCUT2D eigenvalue weighted by atomic mass is 16.5. The average Bonchev–Trinajstić information content (AvgIpc) is 3.15. The van der Waals surface area contributed by atoms with E-state index in [9.17, 15) is 9.59 Å². The van der Waals surface area contributed by atoms with Gasteiger partial charge in [0.1, 0.15) is 0 Å². The number of hydrogen-bond donors (Lipinski definition) is 2. The largest absolute Gasteiger partial charge is 0.481 e. The third-order valence-corrected chi connectivity index (χ3v) is 4.09. The number of hydrogen-bond acceptors (Lipinski definition) is 3. The minimum atomic E-state index is -0.789. The molecule has 1 atom stereocenters. The number of nitrogens with one attached hydrogen (secondary N) is 1. The van der Waals surface area contributed by atoms with Crippen molar-refractivity contribution in [2.45, 2.75) is 26.2 Å². The van der Waals surface area contributed by atoms with Crippen LogP contribution in [0.5, 0.6) is 0 Å². The zero-order valence-electron chi connectivity index (χ0n) is 12.0. The summed E-state index contributed by atoms with van der Waals surface area (Å²) in [4.78, 5) is 24.2. The van der Waals surface area contributed by atoms with Crippen LogP contribution in [0.2, 0.25) is 0 Å². The van der Waals surface area contributed by atoms with Gasteiger partial charge in [-0.2, -0.15) is 0 Å². The maximum atomic E-state index is 11.7. The third-order valence-electron chi connectivity index (χ3n) is 4.09. The zero-order chi connectivity index (χ0) is 14.5. The predicted molar refractivity (Wildman–Crippen MR) is 73.4 cm³/mol. The van der Waals surface area contributed by atoms with Crippen LogP contribution in [0, 0.1) is 17.8 Å². The maximum Gasteiger partial charge on any atom is 0.317 e. The van der Waals surface area contributed by atoms with Crippen LogP contribution in [-0.4, -0.2) is 54.9 Å². The summed E-state index contributed by atoms with van der Waals surface area (Å²) in [7, 11) is 0. The fourth-order valence-corrected chi connectivity index (χ4v) is 2.21. The van der Waals surface area contributed by atoms with Crippen LogP contribution >= 0.6 is 0 Å². The molecule has 0 bridgehead atoms. The van der Waals surface area contributed by atoms with E-state index >= 15 is 0 Å². The molecule has 114 valence electrons. The smallest absolute Gasteiger partial charge is 0.317 e. The molecule has 0 spiro atoms. The molecular formula is C14H24N2O4. The van der Waals surface area contributed by atoms with E-state index in [0.29, 0.717) is 26.2 Å². The number of carboxylic acid groups (broad SMARTS) is 1. The highest BCUT2D eigenvalue weighted by Gasteiger charge is 2.36. The fraction of sp³-hybridized carbons (Fsp3) is 0.857. The number of ether oxygens (including phenoxy) is 1. The number of carbonyl (C=O) groups is 2. The number of likely N-dealkylation sites (tertiary alicyclic amines) is 1. The molecule has 6 heteroatoms. The van der Waals surface area contributed by atoms with Gasteiger partial charge in [-0.3, -0.25) is 4.79 Å². The maximum absolute atomic E-state index is 11.7. The van der Waals surface area contributed by atoms with E-state index in [0.717, 1.165) is 18.9 Å². The van der Waals surface area contributed by atoms with Crippen molar-refractivity contribution in [3.8, 4) is 0 Å². The molecular weight excluding hydrogens is 260 g/mol. The molecule has 1 aliphatic heterocycles. The highest BCUT2D eigenvalue weighted by Crippen LogP contribution is 2.28. The zero-order valence-corrected chi connectivity index (χ0v) is 12.0. The molecule has 20 heavy (non-hydrogen) atoms. The van der Waals surface area contributed by atoms with Crippen LogP contribution in [0.4, 0.5) is 4.79 Å². The van der Waals surface area contributed by atoms with E-state index in [1.54, 1.807) is 11.8 Å². The molecule has 0 aromatic carbocycles. The average molecular weight is 284 g/mol. The molecule has 2 amide bonds. The van der Waals surface area contributed by atoms with Gasteiger partial charge in [-0.05, 0) is 25.2 Å². The molecule has 1 heterocycles. The molecule has 0 aromatic rings. The normalized spacial score (nSPS) is 20.4. The Labute approximate surface area is 119 Å². The lowest BCUT2D eigenvalue weighted by Gasteiger charge is -2.41. The Kier molecular flexibility index (Phi) is 5.23. The topological polar surface area (TPSA) is 78.9 Å². The van der Waals surface area contributed by atoms with E-state index in [1.165, 1.54) is 12.8 Å². The van der Waals surface area contributed by atoms with Crippen LogP contribution in [0.1, 0.15) is 26.2 Å². The summed E-state index contributed by atoms with van der Waals surface area (Å²) >= 11 is 0. The molecule has 1 saturated carbocycles. The number of urea groups is 1. The SMILES string of the molecule is CC(C(=O)O)C1CN(C(=O)NCCCOCC2CC2)C1. The van der Waals surface area contributed by atoms with Gasteiger partial charge < -0.3 is 20.1 Å². The van der Waals surface area contributed by atoms with Crippen molar-refractivity contribution >= 4 is 12.0 Å². The van der Waals surface area contributed by atoms with Crippen molar-refractivity contribution in [2.24, 2.45) is 17.8 Å². The Morgan fingerprint density at radius 3 is 2.70 bits per heavy atom. The first-order valence-corrected chi connectivity index (χ1v) is 7.41. The minimum Gasteiger partial charge on any atom is -0.481 e. The van der Waals surface area contributed by atoms with Gasteiger partial charge in [0.05, 0.1) is 5.92 Å². The van der Waals surface area contributed by atoms with Crippen LogP contribution in [0.25, 0.3) is 0 Å². The number of amides is 2. The summed E-state index contributed by atoms with van der Waals surface area (Å²) in [6.07, 6.45) is 3.41. The van der Waals surface area contributed by atoms with E-state index < -0.39 is 5.97 Å². The Bertz CT molecular complexity index is 351.